The lowest BCUT2D eigenvalue weighted by Crippen LogP contribution is -2.36. The molecule has 3 heteroatoms. The van der Waals surface area contributed by atoms with Gasteiger partial charge in [0.2, 0.25) is 0 Å². The van der Waals surface area contributed by atoms with Gasteiger partial charge in [0.25, 0.3) is 0 Å². The molecule has 0 aromatic rings. The Labute approximate surface area is 86.5 Å². The number of hydrogen-bond donors (Lipinski definition) is 3. The van der Waals surface area contributed by atoms with E-state index in [4.69, 9.17) is 5.11 Å². The highest BCUT2D eigenvalue weighted by molar-refractivity contribution is 4.82. The lowest BCUT2D eigenvalue weighted by molar-refractivity contribution is 0.149. The Balaban J connectivity index is 1.88. The number of nitrogens with one attached hydrogen (secondary N) is 1. The van der Waals surface area contributed by atoms with Crippen molar-refractivity contribution < 1.29 is 10.2 Å². The van der Waals surface area contributed by atoms with Crippen LogP contribution < -0.4 is 5.32 Å². The summed E-state index contributed by atoms with van der Waals surface area (Å²) in [6.45, 7) is 1.32. The third-order valence-corrected chi connectivity index (χ3v) is 2.97. The van der Waals surface area contributed by atoms with Crippen LogP contribution in [0.15, 0.2) is 0 Å². The van der Waals surface area contributed by atoms with E-state index in [-0.39, 0.29) is 6.10 Å². The van der Waals surface area contributed by atoms with Gasteiger partial charge < -0.3 is 15.5 Å². The highest BCUT2D eigenvalue weighted by Crippen LogP contribution is 2.18. The van der Waals surface area contributed by atoms with Crippen molar-refractivity contribution in [3.8, 4) is 0 Å². The largest absolute Gasteiger partial charge is 0.396 e. The highest BCUT2D eigenvalue weighted by Gasteiger charge is 2.23. The predicted molar refractivity (Wildman–Crippen MR) is 57.2 cm³/mol. The minimum atomic E-state index is -0.118. The molecule has 14 heavy (non-hydrogen) atoms. The molecule has 0 aromatic heterocycles. The summed E-state index contributed by atoms with van der Waals surface area (Å²) in [5.41, 5.74) is 0. The molecule has 0 spiro atoms. The molecule has 0 saturated heterocycles. The molecule has 2 atom stereocenters. The fourth-order valence-corrected chi connectivity index (χ4v) is 2.06. The minimum Gasteiger partial charge on any atom is -0.396 e. The van der Waals surface area contributed by atoms with Crippen molar-refractivity contribution in [3.63, 3.8) is 0 Å². The van der Waals surface area contributed by atoms with Gasteiger partial charge in [0.15, 0.2) is 0 Å². The molecule has 0 bridgehead atoms. The van der Waals surface area contributed by atoms with Gasteiger partial charge >= 0.3 is 0 Å². The van der Waals surface area contributed by atoms with Crippen LogP contribution in [0.4, 0.5) is 0 Å². The standard InChI is InChI=1S/C11H23NO2/c13-9-4-2-1-3-8-12-10-6-5-7-11(10)14/h10-14H,1-9H2/t10-,11-/m1/s1. The van der Waals surface area contributed by atoms with E-state index in [9.17, 15) is 5.11 Å². The molecule has 0 radical (unpaired) electrons. The average Bonchev–Trinajstić information content (AvgIpc) is 2.58. The SMILES string of the molecule is OCCCCCCN[C@@H]1CCC[C@H]1O. The second-order valence-electron chi connectivity index (χ2n) is 4.20. The maximum atomic E-state index is 9.53. The van der Waals surface area contributed by atoms with Crippen molar-refractivity contribution in [1.82, 2.24) is 5.32 Å². The first-order valence-corrected chi connectivity index (χ1v) is 5.87. The Bertz CT molecular complexity index is 141. The molecule has 84 valence electrons. The normalized spacial score (nSPS) is 27.0. The maximum Gasteiger partial charge on any atom is 0.0693 e. The van der Waals surface area contributed by atoms with Crippen LogP contribution in [0.25, 0.3) is 0 Å². The van der Waals surface area contributed by atoms with Crippen molar-refractivity contribution in [3.05, 3.63) is 0 Å². The third-order valence-electron chi connectivity index (χ3n) is 2.97. The van der Waals surface area contributed by atoms with Crippen molar-refractivity contribution in [2.75, 3.05) is 13.2 Å². The Morgan fingerprint density at radius 2 is 1.86 bits per heavy atom. The number of rotatable bonds is 7. The van der Waals surface area contributed by atoms with E-state index in [1.807, 2.05) is 0 Å². The highest BCUT2D eigenvalue weighted by atomic mass is 16.3. The zero-order valence-corrected chi connectivity index (χ0v) is 8.91. The fraction of sp³-hybridized carbons (Fsp3) is 1.00. The van der Waals surface area contributed by atoms with E-state index in [1.165, 1.54) is 6.42 Å². The van der Waals surface area contributed by atoms with Crippen LogP contribution in [-0.4, -0.2) is 35.5 Å². The molecular weight excluding hydrogens is 178 g/mol. The van der Waals surface area contributed by atoms with Gasteiger partial charge in [0, 0.05) is 12.6 Å². The zero-order chi connectivity index (χ0) is 10.2. The fourth-order valence-electron chi connectivity index (χ4n) is 2.06. The van der Waals surface area contributed by atoms with Crippen LogP contribution >= 0.6 is 0 Å². The topological polar surface area (TPSA) is 52.5 Å². The summed E-state index contributed by atoms with van der Waals surface area (Å²) in [7, 11) is 0. The minimum absolute atomic E-state index is 0.118. The molecule has 1 saturated carbocycles. The molecule has 1 aliphatic carbocycles. The summed E-state index contributed by atoms with van der Waals surface area (Å²) < 4.78 is 0. The van der Waals surface area contributed by atoms with Gasteiger partial charge in [-0.3, -0.25) is 0 Å². The van der Waals surface area contributed by atoms with Crippen LogP contribution in [0.5, 0.6) is 0 Å². The van der Waals surface area contributed by atoms with E-state index in [0.29, 0.717) is 12.6 Å². The second-order valence-corrected chi connectivity index (χ2v) is 4.20. The Morgan fingerprint density at radius 1 is 1.07 bits per heavy atom. The molecular formula is C11H23NO2. The van der Waals surface area contributed by atoms with Crippen LogP contribution in [0.3, 0.4) is 0 Å². The Kier molecular flexibility index (Phi) is 6.15. The van der Waals surface area contributed by atoms with Crippen LogP contribution in [-0.2, 0) is 0 Å². The summed E-state index contributed by atoms with van der Waals surface area (Å²) in [6.07, 6.45) is 7.49. The van der Waals surface area contributed by atoms with E-state index >= 15 is 0 Å². The lowest BCUT2D eigenvalue weighted by atomic mass is 10.1. The van der Waals surface area contributed by atoms with Crippen molar-refractivity contribution in [2.24, 2.45) is 0 Å². The smallest absolute Gasteiger partial charge is 0.0693 e. The first kappa shape index (κ1) is 12.0. The summed E-state index contributed by atoms with van der Waals surface area (Å²) >= 11 is 0. The molecule has 1 rings (SSSR count). The van der Waals surface area contributed by atoms with Gasteiger partial charge in [-0.25, -0.2) is 0 Å². The van der Waals surface area contributed by atoms with Crippen molar-refractivity contribution >= 4 is 0 Å². The maximum absolute atomic E-state index is 9.53. The van der Waals surface area contributed by atoms with Gasteiger partial charge in [-0.2, -0.15) is 0 Å². The molecule has 0 amide bonds. The van der Waals surface area contributed by atoms with Crippen LogP contribution in [0, 0.1) is 0 Å². The zero-order valence-electron chi connectivity index (χ0n) is 8.91. The molecule has 1 aliphatic rings. The predicted octanol–water partition coefficient (Wildman–Crippen LogP) is 1.04. The second kappa shape index (κ2) is 7.21. The number of hydrogen-bond acceptors (Lipinski definition) is 3. The van der Waals surface area contributed by atoms with Crippen LogP contribution in [0.2, 0.25) is 0 Å². The lowest BCUT2D eigenvalue weighted by Gasteiger charge is -2.15. The summed E-state index contributed by atoms with van der Waals surface area (Å²) in [4.78, 5) is 0. The molecule has 0 unspecified atom stereocenters. The van der Waals surface area contributed by atoms with Crippen molar-refractivity contribution in [2.45, 2.75) is 57.1 Å². The molecule has 3 N–H and O–H groups in total. The molecule has 0 aliphatic heterocycles. The van der Waals surface area contributed by atoms with E-state index in [2.05, 4.69) is 5.32 Å². The number of aliphatic hydroxyl groups excluding tert-OH is 2. The van der Waals surface area contributed by atoms with E-state index in [0.717, 1.165) is 45.1 Å². The molecule has 0 aromatic carbocycles. The first-order valence-electron chi connectivity index (χ1n) is 5.87. The van der Waals surface area contributed by atoms with Gasteiger partial charge in [0.1, 0.15) is 0 Å². The molecule has 3 nitrogen and oxygen atoms in total. The molecule has 1 fully saturated rings. The first-order chi connectivity index (χ1) is 6.84. The summed E-state index contributed by atoms with van der Waals surface area (Å²) in [5.74, 6) is 0. The third kappa shape index (κ3) is 4.40. The van der Waals surface area contributed by atoms with Gasteiger partial charge in [0.05, 0.1) is 6.10 Å². The average molecular weight is 201 g/mol. The van der Waals surface area contributed by atoms with Gasteiger partial charge in [-0.1, -0.05) is 12.8 Å². The van der Waals surface area contributed by atoms with Gasteiger partial charge in [-0.05, 0) is 38.6 Å². The summed E-state index contributed by atoms with van der Waals surface area (Å²) in [6, 6.07) is 0.341. The van der Waals surface area contributed by atoms with Crippen molar-refractivity contribution in [1.29, 1.82) is 0 Å². The quantitative estimate of drug-likeness (QED) is 0.539. The van der Waals surface area contributed by atoms with Crippen LogP contribution in [0.1, 0.15) is 44.9 Å². The van der Waals surface area contributed by atoms with Gasteiger partial charge in [-0.15, -0.1) is 0 Å². The molecule has 0 heterocycles. The Hall–Kier alpha value is -0.120. The number of unbranched alkanes of at least 4 members (excludes halogenated alkanes) is 3. The monoisotopic (exact) mass is 201 g/mol. The van der Waals surface area contributed by atoms with E-state index < -0.39 is 0 Å². The number of aliphatic hydroxyl groups is 2. The Morgan fingerprint density at radius 3 is 2.50 bits per heavy atom. The summed E-state index contributed by atoms with van der Waals surface area (Å²) in [5, 5.41) is 21.5. The van der Waals surface area contributed by atoms with E-state index in [1.54, 1.807) is 0 Å².